The highest BCUT2D eigenvalue weighted by Gasteiger charge is 2.37. The molecule has 5 rings (SSSR count). The Balaban J connectivity index is 1.88. The summed E-state index contributed by atoms with van der Waals surface area (Å²) in [6.45, 7) is 1.86. The Hall–Kier alpha value is -3.29. The number of hydrogen-bond acceptors (Lipinski definition) is 4. The number of hydrogen-bond donors (Lipinski definition) is 3. The number of halogens is 2. The summed E-state index contributed by atoms with van der Waals surface area (Å²) in [7, 11) is 0. The minimum Gasteiger partial charge on any atom is -0.326 e. The molecule has 7 nitrogen and oxygen atoms in total. The summed E-state index contributed by atoms with van der Waals surface area (Å²) in [5.41, 5.74) is 2.08. The van der Waals surface area contributed by atoms with Crippen LogP contribution in [0.15, 0.2) is 58.1 Å². The lowest BCUT2D eigenvalue weighted by molar-refractivity contribution is 0.859. The van der Waals surface area contributed by atoms with Crippen LogP contribution in [0, 0.1) is 6.92 Å². The van der Waals surface area contributed by atoms with E-state index >= 15 is 0 Å². The third kappa shape index (κ3) is 2.78. The molecule has 4 aromatic rings. The van der Waals surface area contributed by atoms with Crippen molar-refractivity contribution in [1.29, 1.82) is 0 Å². The zero-order valence-corrected chi connectivity index (χ0v) is 17.2. The van der Waals surface area contributed by atoms with Crippen LogP contribution in [-0.2, 0) is 0 Å². The molecule has 0 saturated heterocycles. The molecule has 1 unspecified atom stereocenters. The molecule has 150 valence electrons. The van der Waals surface area contributed by atoms with E-state index in [1.54, 1.807) is 22.9 Å². The predicted molar refractivity (Wildman–Crippen MR) is 117 cm³/mol. The van der Waals surface area contributed by atoms with Crippen molar-refractivity contribution in [2.24, 2.45) is 0 Å². The lowest BCUT2D eigenvalue weighted by atomic mass is 9.83. The first-order valence-electron chi connectivity index (χ1n) is 9.18. The van der Waals surface area contributed by atoms with Gasteiger partial charge in [-0.25, -0.2) is 9.48 Å². The normalized spacial score (nSPS) is 14.7. The average molecular weight is 440 g/mol. The molecule has 30 heavy (non-hydrogen) atoms. The Kier molecular flexibility index (Phi) is 4.30. The van der Waals surface area contributed by atoms with Gasteiger partial charge in [0.2, 0.25) is 0 Å². The van der Waals surface area contributed by atoms with E-state index in [9.17, 15) is 9.59 Å². The molecule has 0 saturated carbocycles. The van der Waals surface area contributed by atoms with E-state index in [-0.39, 0.29) is 5.82 Å². The minimum atomic E-state index is -0.615. The lowest BCUT2D eigenvalue weighted by Crippen LogP contribution is -2.32. The molecule has 2 aromatic heterocycles. The number of aromatic nitrogens is 4. The summed E-state index contributed by atoms with van der Waals surface area (Å²) in [5, 5.41) is 8.72. The van der Waals surface area contributed by atoms with Crippen LogP contribution in [0.2, 0.25) is 10.0 Å². The third-order valence-corrected chi connectivity index (χ3v) is 5.86. The van der Waals surface area contributed by atoms with Crippen molar-refractivity contribution >= 4 is 34.8 Å². The highest BCUT2D eigenvalue weighted by Crippen LogP contribution is 2.48. The van der Waals surface area contributed by atoms with Gasteiger partial charge in [0.25, 0.3) is 5.56 Å². The molecular formula is C21H15Cl2N5O2. The smallest absolute Gasteiger partial charge is 0.326 e. The van der Waals surface area contributed by atoms with E-state index < -0.39 is 17.2 Å². The maximum atomic E-state index is 12.9. The van der Waals surface area contributed by atoms with Crippen LogP contribution in [0.25, 0.3) is 5.69 Å². The number of fused-ring (bicyclic) bond motifs is 2. The van der Waals surface area contributed by atoms with E-state index in [0.717, 1.165) is 11.3 Å². The monoisotopic (exact) mass is 439 g/mol. The van der Waals surface area contributed by atoms with Crippen molar-refractivity contribution in [3.63, 3.8) is 0 Å². The van der Waals surface area contributed by atoms with Crippen LogP contribution >= 0.6 is 23.2 Å². The summed E-state index contributed by atoms with van der Waals surface area (Å²) in [4.78, 5) is 29.8. The Labute approximate surface area is 180 Å². The molecule has 0 bridgehead atoms. The van der Waals surface area contributed by atoms with Gasteiger partial charge in [0.05, 0.1) is 22.9 Å². The summed E-state index contributed by atoms with van der Waals surface area (Å²) in [6, 6.07) is 14.8. The van der Waals surface area contributed by atoms with E-state index in [1.165, 1.54) is 0 Å². The van der Waals surface area contributed by atoms with E-state index in [1.807, 2.05) is 37.3 Å². The fourth-order valence-electron chi connectivity index (χ4n) is 3.97. The van der Waals surface area contributed by atoms with Gasteiger partial charge in [-0.1, -0.05) is 47.5 Å². The highest BCUT2D eigenvalue weighted by molar-refractivity contribution is 6.36. The number of rotatable bonds is 2. The van der Waals surface area contributed by atoms with E-state index in [2.05, 4.69) is 15.3 Å². The number of nitrogens with one attached hydrogen (secondary N) is 3. The lowest BCUT2D eigenvalue weighted by Gasteiger charge is -2.28. The van der Waals surface area contributed by atoms with Crippen molar-refractivity contribution in [2.75, 3.05) is 5.32 Å². The van der Waals surface area contributed by atoms with E-state index in [4.69, 9.17) is 28.3 Å². The minimum absolute atomic E-state index is 0.286. The maximum Gasteiger partial charge on any atom is 0.327 e. The zero-order valence-electron chi connectivity index (χ0n) is 15.7. The molecule has 3 N–H and O–H groups in total. The van der Waals surface area contributed by atoms with Gasteiger partial charge in [-0.15, -0.1) is 0 Å². The molecule has 0 amide bonds. The molecule has 1 aliphatic heterocycles. The Morgan fingerprint density at radius 1 is 0.900 bits per heavy atom. The van der Waals surface area contributed by atoms with Gasteiger partial charge in [0, 0.05) is 21.2 Å². The molecule has 1 aliphatic rings. The number of aryl methyl sites for hydroxylation is 1. The zero-order chi connectivity index (χ0) is 21.0. The Morgan fingerprint density at radius 3 is 2.30 bits per heavy atom. The van der Waals surface area contributed by atoms with Crippen molar-refractivity contribution in [3.8, 4) is 5.69 Å². The van der Waals surface area contributed by atoms with Crippen LogP contribution in [-0.4, -0.2) is 19.7 Å². The second kappa shape index (κ2) is 6.90. The molecule has 2 aromatic carbocycles. The van der Waals surface area contributed by atoms with Crippen LogP contribution in [0.3, 0.4) is 0 Å². The summed E-state index contributed by atoms with van der Waals surface area (Å²) in [6.07, 6.45) is 0. The fraction of sp³-hybridized carbons (Fsp3) is 0.0952. The molecule has 0 spiro atoms. The van der Waals surface area contributed by atoms with Crippen LogP contribution in [0.1, 0.15) is 28.3 Å². The van der Waals surface area contributed by atoms with Crippen molar-refractivity contribution in [2.45, 2.75) is 12.8 Å². The van der Waals surface area contributed by atoms with Gasteiger partial charge in [-0.3, -0.25) is 14.8 Å². The fourth-order valence-corrected chi connectivity index (χ4v) is 4.58. The summed E-state index contributed by atoms with van der Waals surface area (Å²) < 4.78 is 1.74. The number of aromatic amines is 2. The number of H-pyrrole nitrogens is 2. The largest absolute Gasteiger partial charge is 0.327 e. The number of benzene rings is 2. The number of anilines is 2. The first kappa shape index (κ1) is 18.7. The highest BCUT2D eigenvalue weighted by atomic mass is 35.5. The molecule has 0 aliphatic carbocycles. The molecule has 1 atom stereocenters. The van der Waals surface area contributed by atoms with Gasteiger partial charge < -0.3 is 5.32 Å². The van der Waals surface area contributed by atoms with Crippen molar-refractivity contribution < 1.29 is 0 Å². The van der Waals surface area contributed by atoms with Gasteiger partial charge in [0.1, 0.15) is 11.6 Å². The van der Waals surface area contributed by atoms with Crippen LogP contribution < -0.4 is 16.6 Å². The maximum absolute atomic E-state index is 12.9. The van der Waals surface area contributed by atoms with Crippen molar-refractivity contribution in [1.82, 2.24) is 19.7 Å². The SMILES string of the molecule is Cc1nn(-c2ccccc2)c2c1C(c1c(Cl)cccc1Cl)c1c([nH]c(=O)[nH]c1=O)N2. The van der Waals surface area contributed by atoms with Gasteiger partial charge >= 0.3 is 5.69 Å². The quantitative estimate of drug-likeness (QED) is 0.385. The number of para-hydroxylation sites is 1. The topological polar surface area (TPSA) is 95.6 Å². The number of nitrogens with zero attached hydrogens (tertiary/aromatic N) is 2. The molecular weight excluding hydrogens is 425 g/mol. The van der Waals surface area contributed by atoms with Crippen LogP contribution in [0.4, 0.5) is 11.6 Å². The first-order valence-corrected chi connectivity index (χ1v) is 9.93. The molecule has 9 heteroatoms. The molecule has 0 radical (unpaired) electrons. The first-order chi connectivity index (χ1) is 14.5. The second-order valence-corrected chi connectivity index (χ2v) is 7.80. The second-order valence-electron chi connectivity index (χ2n) is 6.99. The third-order valence-electron chi connectivity index (χ3n) is 5.20. The van der Waals surface area contributed by atoms with Gasteiger partial charge in [-0.2, -0.15) is 5.10 Å². The Morgan fingerprint density at radius 2 is 1.60 bits per heavy atom. The molecule has 0 fully saturated rings. The predicted octanol–water partition coefficient (Wildman–Crippen LogP) is 4.10. The summed E-state index contributed by atoms with van der Waals surface area (Å²) in [5.74, 6) is 0.304. The Bertz CT molecular complexity index is 1390. The van der Waals surface area contributed by atoms with Gasteiger partial charge in [0.15, 0.2) is 0 Å². The standard InChI is InChI=1S/C21H15Cl2N5O2/c1-10-14-16(15-12(22)8-5-9-13(15)23)17-18(25-21(30)26-20(17)29)24-19(14)28(27-10)11-6-3-2-4-7-11/h2-9,16H,1H3,(H3,24,25,26,29,30). The summed E-state index contributed by atoms with van der Waals surface area (Å²) >= 11 is 13.1. The molecule has 3 heterocycles. The van der Waals surface area contributed by atoms with Crippen LogP contribution in [0.5, 0.6) is 0 Å². The van der Waals surface area contributed by atoms with E-state index in [0.29, 0.717) is 32.7 Å². The van der Waals surface area contributed by atoms with Crippen molar-refractivity contribution in [3.05, 3.63) is 102 Å². The van der Waals surface area contributed by atoms with Gasteiger partial charge in [-0.05, 0) is 31.2 Å². The average Bonchev–Trinajstić information content (AvgIpc) is 3.04.